The van der Waals surface area contributed by atoms with Gasteiger partial charge in [-0.15, -0.1) is 0 Å². The highest BCUT2D eigenvalue weighted by atomic mass is 15.1. The molecular formula is C17H26N2. The third kappa shape index (κ3) is 3.58. The predicted octanol–water partition coefficient (Wildman–Crippen LogP) is 3.14. The van der Waals surface area contributed by atoms with E-state index in [9.17, 15) is 0 Å². The molecule has 104 valence electrons. The fourth-order valence-electron chi connectivity index (χ4n) is 3.35. The quantitative estimate of drug-likeness (QED) is 0.892. The predicted molar refractivity (Wildman–Crippen MR) is 80.4 cm³/mol. The number of likely N-dealkylation sites (tertiary alicyclic amines) is 1. The van der Waals surface area contributed by atoms with Gasteiger partial charge in [0, 0.05) is 12.6 Å². The van der Waals surface area contributed by atoms with Crippen LogP contribution in [0, 0.1) is 0 Å². The highest BCUT2D eigenvalue weighted by Gasteiger charge is 2.14. The lowest BCUT2D eigenvalue weighted by atomic mass is 9.96. The Bertz CT molecular complexity index is 373. The molecule has 0 aromatic heterocycles. The molecule has 1 unspecified atom stereocenters. The van der Waals surface area contributed by atoms with Crippen LogP contribution in [-0.4, -0.2) is 31.1 Å². The van der Waals surface area contributed by atoms with E-state index in [1.807, 2.05) is 0 Å². The van der Waals surface area contributed by atoms with E-state index in [0.717, 1.165) is 0 Å². The molecule has 2 nitrogen and oxygen atoms in total. The lowest BCUT2D eigenvalue weighted by Crippen LogP contribution is -2.26. The van der Waals surface area contributed by atoms with Crippen molar-refractivity contribution in [3.05, 3.63) is 35.4 Å². The molecule has 2 fully saturated rings. The van der Waals surface area contributed by atoms with E-state index in [2.05, 4.69) is 34.5 Å². The van der Waals surface area contributed by atoms with Crippen LogP contribution in [0.3, 0.4) is 0 Å². The lowest BCUT2D eigenvalue weighted by Gasteiger charge is -2.24. The lowest BCUT2D eigenvalue weighted by molar-refractivity contribution is 0.343. The van der Waals surface area contributed by atoms with Crippen molar-refractivity contribution in [1.29, 1.82) is 0 Å². The Morgan fingerprint density at radius 1 is 1.00 bits per heavy atom. The number of rotatable bonds is 4. The zero-order chi connectivity index (χ0) is 12.9. The highest BCUT2D eigenvalue weighted by molar-refractivity contribution is 5.25. The normalized spacial score (nSPS) is 24.7. The van der Waals surface area contributed by atoms with Gasteiger partial charge in [0.2, 0.25) is 0 Å². The van der Waals surface area contributed by atoms with Crippen LogP contribution in [0.4, 0.5) is 0 Å². The van der Waals surface area contributed by atoms with Crippen LogP contribution in [0.5, 0.6) is 0 Å². The van der Waals surface area contributed by atoms with E-state index < -0.39 is 0 Å². The first-order chi connectivity index (χ1) is 9.42. The second kappa shape index (κ2) is 6.53. The van der Waals surface area contributed by atoms with E-state index >= 15 is 0 Å². The molecule has 1 atom stereocenters. The molecule has 2 aliphatic rings. The van der Waals surface area contributed by atoms with Crippen LogP contribution in [-0.2, 0) is 6.42 Å². The van der Waals surface area contributed by atoms with E-state index in [1.165, 1.54) is 75.8 Å². The topological polar surface area (TPSA) is 15.3 Å². The monoisotopic (exact) mass is 258 g/mol. The van der Waals surface area contributed by atoms with Crippen molar-refractivity contribution < 1.29 is 0 Å². The van der Waals surface area contributed by atoms with Gasteiger partial charge in [0.25, 0.3) is 0 Å². The maximum absolute atomic E-state index is 3.62. The molecule has 3 rings (SSSR count). The first-order valence-corrected chi connectivity index (χ1v) is 7.96. The zero-order valence-corrected chi connectivity index (χ0v) is 11.9. The van der Waals surface area contributed by atoms with Crippen LogP contribution in [0.15, 0.2) is 24.3 Å². The summed E-state index contributed by atoms with van der Waals surface area (Å²) in [6.07, 6.45) is 8.00. The third-order valence-electron chi connectivity index (χ3n) is 4.61. The van der Waals surface area contributed by atoms with Crippen molar-refractivity contribution in [3.63, 3.8) is 0 Å². The molecule has 0 radical (unpaired) electrons. The van der Waals surface area contributed by atoms with Gasteiger partial charge in [0.15, 0.2) is 0 Å². The summed E-state index contributed by atoms with van der Waals surface area (Å²) in [5.74, 6) is 0. The molecule has 1 N–H and O–H groups in total. The van der Waals surface area contributed by atoms with Crippen molar-refractivity contribution in [2.45, 2.75) is 44.6 Å². The Balaban J connectivity index is 1.52. The number of benzene rings is 1. The summed E-state index contributed by atoms with van der Waals surface area (Å²) >= 11 is 0. The average Bonchev–Trinajstić information content (AvgIpc) is 3.00. The van der Waals surface area contributed by atoms with Crippen molar-refractivity contribution >= 4 is 0 Å². The maximum Gasteiger partial charge on any atom is 0.0320 e. The number of nitrogens with zero attached hydrogens (tertiary/aromatic N) is 1. The molecule has 0 aliphatic carbocycles. The molecule has 2 aliphatic heterocycles. The molecule has 1 aromatic rings. The summed E-state index contributed by atoms with van der Waals surface area (Å²) in [5.41, 5.74) is 2.97. The fourth-order valence-corrected chi connectivity index (χ4v) is 3.35. The van der Waals surface area contributed by atoms with Gasteiger partial charge in [0.05, 0.1) is 0 Å². The van der Waals surface area contributed by atoms with Gasteiger partial charge >= 0.3 is 0 Å². The van der Waals surface area contributed by atoms with E-state index in [0.29, 0.717) is 6.04 Å². The Morgan fingerprint density at radius 3 is 2.47 bits per heavy atom. The van der Waals surface area contributed by atoms with Crippen LogP contribution in [0.25, 0.3) is 0 Å². The molecule has 2 heteroatoms. The van der Waals surface area contributed by atoms with Gasteiger partial charge in [-0.2, -0.15) is 0 Å². The minimum Gasteiger partial charge on any atom is -0.310 e. The maximum atomic E-state index is 3.62. The van der Waals surface area contributed by atoms with Crippen LogP contribution in [0.1, 0.15) is 49.3 Å². The largest absolute Gasteiger partial charge is 0.310 e. The van der Waals surface area contributed by atoms with Crippen LogP contribution < -0.4 is 5.32 Å². The molecule has 19 heavy (non-hydrogen) atoms. The summed E-state index contributed by atoms with van der Waals surface area (Å²) in [6, 6.07) is 9.94. The Labute approximate surface area is 117 Å². The molecule has 2 heterocycles. The van der Waals surface area contributed by atoms with Crippen molar-refractivity contribution in [1.82, 2.24) is 10.2 Å². The first-order valence-electron chi connectivity index (χ1n) is 7.96. The summed E-state index contributed by atoms with van der Waals surface area (Å²) in [7, 11) is 0. The Kier molecular flexibility index (Phi) is 4.52. The van der Waals surface area contributed by atoms with Crippen molar-refractivity contribution in [2.24, 2.45) is 0 Å². The minimum atomic E-state index is 0.599. The fraction of sp³-hybridized carbons (Fsp3) is 0.647. The third-order valence-corrected chi connectivity index (χ3v) is 4.61. The van der Waals surface area contributed by atoms with Gasteiger partial charge in [-0.25, -0.2) is 0 Å². The molecule has 0 spiro atoms. The number of piperidine rings is 1. The van der Waals surface area contributed by atoms with E-state index in [1.54, 1.807) is 0 Å². The number of hydrogen-bond donors (Lipinski definition) is 1. The summed E-state index contributed by atoms with van der Waals surface area (Å²) < 4.78 is 0. The number of hydrogen-bond acceptors (Lipinski definition) is 2. The van der Waals surface area contributed by atoms with Gasteiger partial charge < -0.3 is 10.2 Å². The Morgan fingerprint density at radius 2 is 1.79 bits per heavy atom. The SMILES string of the molecule is c1cc(C2CCCCN2)ccc1CCN1CCCC1. The number of nitrogens with one attached hydrogen (secondary N) is 1. The van der Waals surface area contributed by atoms with Gasteiger partial charge in [-0.3, -0.25) is 0 Å². The Hall–Kier alpha value is -0.860. The zero-order valence-electron chi connectivity index (χ0n) is 11.9. The second-order valence-corrected chi connectivity index (χ2v) is 6.04. The van der Waals surface area contributed by atoms with Crippen LogP contribution >= 0.6 is 0 Å². The van der Waals surface area contributed by atoms with Gasteiger partial charge in [-0.1, -0.05) is 30.7 Å². The molecule has 1 aromatic carbocycles. The molecule has 2 saturated heterocycles. The van der Waals surface area contributed by atoms with Crippen molar-refractivity contribution in [2.75, 3.05) is 26.2 Å². The summed E-state index contributed by atoms with van der Waals surface area (Å²) in [6.45, 7) is 5.04. The molecule has 0 saturated carbocycles. The minimum absolute atomic E-state index is 0.599. The standard InChI is InChI=1S/C17H26N2/c1-2-11-18-17(5-1)16-8-6-15(7-9-16)10-14-19-12-3-4-13-19/h6-9,17-18H,1-5,10-14H2. The van der Waals surface area contributed by atoms with Gasteiger partial charge in [-0.05, 0) is 62.9 Å². The summed E-state index contributed by atoms with van der Waals surface area (Å²) in [4.78, 5) is 2.59. The first kappa shape index (κ1) is 13.1. The highest BCUT2D eigenvalue weighted by Crippen LogP contribution is 2.23. The molecular weight excluding hydrogens is 232 g/mol. The smallest absolute Gasteiger partial charge is 0.0320 e. The summed E-state index contributed by atoms with van der Waals surface area (Å²) in [5, 5.41) is 3.62. The van der Waals surface area contributed by atoms with Crippen LogP contribution in [0.2, 0.25) is 0 Å². The van der Waals surface area contributed by atoms with Crippen molar-refractivity contribution in [3.8, 4) is 0 Å². The van der Waals surface area contributed by atoms with E-state index in [4.69, 9.17) is 0 Å². The van der Waals surface area contributed by atoms with E-state index in [-0.39, 0.29) is 0 Å². The van der Waals surface area contributed by atoms with Gasteiger partial charge in [0.1, 0.15) is 0 Å². The average molecular weight is 258 g/mol. The molecule has 0 bridgehead atoms. The second-order valence-electron chi connectivity index (χ2n) is 6.04. The molecule has 0 amide bonds.